The van der Waals surface area contributed by atoms with Gasteiger partial charge in [-0.2, -0.15) is 0 Å². The van der Waals surface area contributed by atoms with Crippen LogP contribution in [0.4, 0.5) is 0 Å². The molecule has 0 amide bonds. The Morgan fingerprint density at radius 1 is 1.00 bits per heavy atom. The molecule has 0 aliphatic carbocycles. The van der Waals surface area contributed by atoms with Crippen molar-refractivity contribution in [1.82, 2.24) is 4.98 Å². The maximum atomic E-state index is 4.84. The van der Waals surface area contributed by atoms with Gasteiger partial charge in [0.15, 0.2) is 0 Å². The van der Waals surface area contributed by atoms with Crippen LogP contribution in [0.15, 0.2) is 64.5 Å². The minimum Gasteiger partial charge on any atom is -1.00 e. The third kappa shape index (κ3) is 4.51. The second kappa shape index (κ2) is 8.73. The fraction of sp³-hybridized carbons (Fsp3) is 0.167. The molecule has 0 saturated carbocycles. The fourth-order valence-corrected chi connectivity index (χ4v) is 3.80. The first-order chi connectivity index (χ1) is 10.8. The van der Waals surface area contributed by atoms with Crippen molar-refractivity contribution in [3.05, 3.63) is 86.3 Å². The van der Waals surface area contributed by atoms with Crippen molar-refractivity contribution >= 4 is 27.3 Å². The van der Waals surface area contributed by atoms with Crippen molar-refractivity contribution in [1.29, 1.82) is 0 Å². The van der Waals surface area contributed by atoms with Gasteiger partial charge in [0.05, 0.1) is 18.2 Å². The van der Waals surface area contributed by atoms with E-state index in [2.05, 4.69) is 81.6 Å². The third-order valence-corrected chi connectivity index (χ3v) is 5.07. The van der Waals surface area contributed by atoms with Crippen LogP contribution in [0.5, 0.6) is 0 Å². The first-order valence-electron chi connectivity index (χ1n) is 7.32. The molecule has 0 aliphatic rings. The molecule has 1 heterocycles. The van der Waals surface area contributed by atoms with Crippen molar-refractivity contribution in [2.24, 2.45) is 0 Å². The van der Waals surface area contributed by atoms with E-state index in [0.29, 0.717) is 0 Å². The zero-order valence-corrected chi connectivity index (χ0v) is 16.6. The molecular formula is C18H18Br2N2S. The zero-order valence-electron chi connectivity index (χ0n) is 12.6. The lowest BCUT2D eigenvalue weighted by Crippen LogP contribution is -3.00. The highest BCUT2D eigenvalue weighted by molar-refractivity contribution is 9.10. The van der Waals surface area contributed by atoms with Crippen LogP contribution >= 0.6 is 27.3 Å². The Bertz CT molecular complexity index is 726. The lowest BCUT2D eigenvalue weighted by molar-refractivity contribution is -0.366. The largest absolute Gasteiger partial charge is 1.00 e. The molecule has 0 spiro atoms. The summed E-state index contributed by atoms with van der Waals surface area (Å²) in [5.74, 6) is 0.192. The molecule has 0 aliphatic heterocycles. The Balaban J connectivity index is 0.00000192. The Morgan fingerprint density at radius 3 is 2.30 bits per heavy atom. The predicted octanol–water partition coefficient (Wildman–Crippen LogP) is 0.874. The quantitative estimate of drug-likeness (QED) is 0.611. The van der Waals surface area contributed by atoms with Gasteiger partial charge in [-0.3, -0.25) is 0 Å². The van der Waals surface area contributed by atoms with E-state index >= 15 is 0 Å². The fourth-order valence-electron chi connectivity index (χ4n) is 2.53. The summed E-state index contributed by atoms with van der Waals surface area (Å²) in [7, 11) is 0. The van der Waals surface area contributed by atoms with Crippen LogP contribution in [-0.2, 0) is 6.42 Å². The van der Waals surface area contributed by atoms with E-state index in [4.69, 9.17) is 4.98 Å². The molecule has 3 N–H and O–H groups in total. The molecule has 0 radical (unpaired) electrons. The maximum absolute atomic E-state index is 4.84. The molecule has 0 saturated heterocycles. The van der Waals surface area contributed by atoms with Gasteiger partial charge < -0.3 is 22.7 Å². The Morgan fingerprint density at radius 2 is 1.65 bits per heavy atom. The van der Waals surface area contributed by atoms with Crippen LogP contribution in [0.1, 0.15) is 27.7 Å². The van der Waals surface area contributed by atoms with E-state index in [-0.39, 0.29) is 22.9 Å². The summed E-state index contributed by atoms with van der Waals surface area (Å²) in [4.78, 5) is 4.84. The van der Waals surface area contributed by atoms with Gasteiger partial charge >= 0.3 is 0 Å². The van der Waals surface area contributed by atoms with Gasteiger partial charge in [-0.15, -0.1) is 11.3 Å². The van der Waals surface area contributed by atoms with E-state index in [1.54, 1.807) is 11.3 Å². The monoisotopic (exact) mass is 452 g/mol. The number of aromatic nitrogens is 1. The molecule has 1 atom stereocenters. The van der Waals surface area contributed by atoms with Crippen LogP contribution in [0, 0.1) is 0 Å². The van der Waals surface area contributed by atoms with Gasteiger partial charge in [-0.1, -0.05) is 58.4 Å². The van der Waals surface area contributed by atoms with Crippen molar-refractivity contribution in [3.8, 4) is 0 Å². The molecule has 5 heteroatoms. The number of rotatable bonds is 5. The van der Waals surface area contributed by atoms with Gasteiger partial charge in [0.25, 0.3) is 0 Å². The minimum absolute atomic E-state index is 0. The zero-order chi connectivity index (χ0) is 15.4. The average Bonchev–Trinajstić information content (AvgIpc) is 2.99. The normalized spacial score (nSPS) is 11.7. The summed E-state index contributed by atoms with van der Waals surface area (Å²) in [6, 6.07) is 19.1. The SMILES string of the molecule is [Br-].[NH3+]CCc1csc(C(c2ccccc2)c2ccc(Br)cc2)n1. The van der Waals surface area contributed by atoms with Gasteiger partial charge in [-0.05, 0) is 23.3 Å². The van der Waals surface area contributed by atoms with Gasteiger partial charge in [0.1, 0.15) is 5.01 Å². The minimum atomic E-state index is 0. The number of quaternary nitrogens is 1. The van der Waals surface area contributed by atoms with Crippen molar-refractivity contribution < 1.29 is 22.7 Å². The van der Waals surface area contributed by atoms with E-state index in [1.165, 1.54) is 11.1 Å². The Kier molecular flexibility index (Phi) is 6.96. The van der Waals surface area contributed by atoms with Gasteiger partial charge in [-0.25, -0.2) is 4.98 Å². The van der Waals surface area contributed by atoms with E-state index in [1.807, 2.05) is 0 Å². The molecule has 2 nitrogen and oxygen atoms in total. The highest BCUT2D eigenvalue weighted by atomic mass is 79.9. The topological polar surface area (TPSA) is 40.5 Å². The summed E-state index contributed by atoms with van der Waals surface area (Å²) in [6.07, 6.45) is 0.943. The molecular weight excluding hydrogens is 436 g/mol. The number of halogens is 2. The van der Waals surface area contributed by atoms with Crippen LogP contribution in [0.25, 0.3) is 0 Å². The Hall–Kier alpha value is -1.01. The van der Waals surface area contributed by atoms with Gasteiger partial charge in [0.2, 0.25) is 0 Å². The van der Waals surface area contributed by atoms with E-state index in [0.717, 1.165) is 28.1 Å². The smallest absolute Gasteiger partial charge is 0.105 e. The molecule has 0 bridgehead atoms. The molecule has 1 aromatic heterocycles. The molecule has 3 rings (SSSR count). The maximum Gasteiger partial charge on any atom is 0.105 e. The van der Waals surface area contributed by atoms with E-state index < -0.39 is 0 Å². The second-order valence-electron chi connectivity index (χ2n) is 5.18. The van der Waals surface area contributed by atoms with Crippen molar-refractivity contribution in [2.75, 3.05) is 6.54 Å². The molecule has 0 fully saturated rings. The van der Waals surface area contributed by atoms with Crippen LogP contribution < -0.4 is 22.7 Å². The number of benzene rings is 2. The summed E-state index contributed by atoms with van der Waals surface area (Å²) in [5.41, 5.74) is 7.61. The van der Waals surface area contributed by atoms with Crippen LogP contribution in [0.3, 0.4) is 0 Å². The molecule has 3 aromatic rings. The number of hydrogen-bond donors (Lipinski definition) is 1. The van der Waals surface area contributed by atoms with Gasteiger partial charge in [0, 0.05) is 16.3 Å². The second-order valence-corrected chi connectivity index (χ2v) is 6.98. The Labute approximate surface area is 159 Å². The first-order valence-corrected chi connectivity index (χ1v) is 8.99. The summed E-state index contributed by atoms with van der Waals surface area (Å²) in [6.45, 7) is 0.886. The average molecular weight is 454 g/mol. The van der Waals surface area contributed by atoms with Crippen molar-refractivity contribution in [2.45, 2.75) is 12.3 Å². The lowest BCUT2D eigenvalue weighted by Gasteiger charge is -2.15. The van der Waals surface area contributed by atoms with Crippen LogP contribution in [-0.4, -0.2) is 11.5 Å². The lowest BCUT2D eigenvalue weighted by atomic mass is 9.92. The van der Waals surface area contributed by atoms with E-state index in [9.17, 15) is 0 Å². The standard InChI is InChI=1S/C18H17BrN2S.BrH/c19-15-8-6-14(7-9-15)17(13-4-2-1-3-5-13)18-21-16(10-11-20)12-22-18;/h1-9,12,17H,10-11,20H2;1H. The highest BCUT2D eigenvalue weighted by Gasteiger charge is 2.20. The van der Waals surface area contributed by atoms with Crippen LogP contribution in [0.2, 0.25) is 0 Å². The molecule has 23 heavy (non-hydrogen) atoms. The predicted molar refractivity (Wildman–Crippen MR) is 95.1 cm³/mol. The summed E-state index contributed by atoms with van der Waals surface area (Å²) >= 11 is 5.25. The number of thiazole rings is 1. The first kappa shape index (κ1) is 18.3. The molecule has 1 unspecified atom stereocenters. The summed E-state index contributed by atoms with van der Waals surface area (Å²) in [5, 5.41) is 3.31. The highest BCUT2D eigenvalue weighted by Crippen LogP contribution is 2.34. The number of nitrogens with zero attached hydrogens (tertiary/aromatic N) is 1. The third-order valence-electron chi connectivity index (χ3n) is 3.59. The summed E-state index contributed by atoms with van der Waals surface area (Å²) < 4.78 is 1.10. The number of hydrogen-bond acceptors (Lipinski definition) is 2. The van der Waals surface area contributed by atoms with Crippen molar-refractivity contribution in [3.63, 3.8) is 0 Å². The molecule has 120 valence electrons. The molecule has 2 aromatic carbocycles.